The molecular formula is C14H23ClN2O2S. The zero-order valence-electron chi connectivity index (χ0n) is 12.1. The SMILES string of the molecule is CC(C)C(C)(CN)NC(=O)CCC(=O)c1cccs1.Cl. The van der Waals surface area contributed by atoms with Crippen molar-refractivity contribution in [1.29, 1.82) is 0 Å². The second kappa shape index (κ2) is 8.39. The molecule has 0 spiro atoms. The van der Waals surface area contributed by atoms with E-state index in [2.05, 4.69) is 5.32 Å². The van der Waals surface area contributed by atoms with E-state index in [-0.39, 0.29) is 42.9 Å². The van der Waals surface area contributed by atoms with Gasteiger partial charge >= 0.3 is 0 Å². The zero-order chi connectivity index (χ0) is 14.5. The fourth-order valence-corrected chi connectivity index (χ4v) is 2.29. The molecule has 1 aromatic rings. The Labute approximate surface area is 130 Å². The van der Waals surface area contributed by atoms with Gasteiger partial charge in [0.15, 0.2) is 5.78 Å². The van der Waals surface area contributed by atoms with Crippen molar-refractivity contribution in [3.63, 3.8) is 0 Å². The van der Waals surface area contributed by atoms with Gasteiger partial charge in [-0.15, -0.1) is 23.7 Å². The van der Waals surface area contributed by atoms with Crippen LogP contribution in [0.5, 0.6) is 0 Å². The number of hydrogen-bond acceptors (Lipinski definition) is 4. The molecule has 1 aromatic heterocycles. The summed E-state index contributed by atoms with van der Waals surface area (Å²) in [7, 11) is 0. The Morgan fingerprint density at radius 1 is 1.40 bits per heavy atom. The number of Topliss-reactive ketones (excluding diaryl/α,β-unsaturated/α-hetero) is 1. The minimum absolute atomic E-state index is 0. The first kappa shape index (κ1) is 19.1. The van der Waals surface area contributed by atoms with Gasteiger partial charge in [0.1, 0.15) is 0 Å². The first-order valence-corrected chi connectivity index (χ1v) is 7.35. The van der Waals surface area contributed by atoms with Crippen molar-refractivity contribution >= 4 is 35.4 Å². The lowest BCUT2D eigenvalue weighted by atomic mass is 9.88. The van der Waals surface area contributed by atoms with E-state index in [0.29, 0.717) is 11.4 Å². The number of nitrogens with two attached hydrogens (primary N) is 1. The van der Waals surface area contributed by atoms with E-state index in [1.54, 1.807) is 6.07 Å². The number of ketones is 1. The average molecular weight is 319 g/mol. The number of nitrogens with one attached hydrogen (secondary N) is 1. The Hall–Kier alpha value is -0.910. The number of halogens is 1. The summed E-state index contributed by atoms with van der Waals surface area (Å²) < 4.78 is 0. The molecule has 1 amide bonds. The van der Waals surface area contributed by atoms with E-state index >= 15 is 0 Å². The summed E-state index contributed by atoms with van der Waals surface area (Å²) in [5, 5.41) is 4.79. The molecule has 0 aliphatic carbocycles. The number of amides is 1. The minimum Gasteiger partial charge on any atom is -0.349 e. The topological polar surface area (TPSA) is 72.2 Å². The number of thiophene rings is 1. The molecule has 4 nitrogen and oxygen atoms in total. The summed E-state index contributed by atoms with van der Waals surface area (Å²) in [6.07, 6.45) is 0.449. The largest absolute Gasteiger partial charge is 0.349 e. The summed E-state index contributed by atoms with van der Waals surface area (Å²) >= 11 is 1.40. The highest BCUT2D eigenvalue weighted by atomic mass is 35.5. The molecular weight excluding hydrogens is 296 g/mol. The molecule has 20 heavy (non-hydrogen) atoms. The van der Waals surface area contributed by atoms with Crippen molar-refractivity contribution < 1.29 is 9.59 Å². The summed E-state index contributed by atoms with van der Waals surface area (Å²) in [5.41, 5.74) is 5.30. The van der Waals surface area contributed by atoms with Gasteiger partial charge in [0, 0.05) is 19.4 Å². The second-order valence-electron chi connectivity index (χ2n) is 5.22. The number of hydrogen-bond donors (Lipinski definition) is 2. The number of carbonyl (C=O) groups is 2. The monoisotopic (exact) mass is 318 g/mol. The Balaban J connectivity index is 0.00000361. The van der Waals surface area contributed by atoms with Crippen LogP contribution in [-0.2, 0) is 4.79 Å². The van der Waals surface area contributed by atoms with E-state index in [1.165, 1.54) is 11.3 Å². The minimum atomic E-state index is -0.414. The molecule has 0 bridgehead atoms. The van der Waals surface area contributed by atoms with Crippen LogP contribution >= 0.6 is 23.7 Å². The third-order valence-corrected chi connectivity index (χ3v) is 4.41. The standard InChI is InChI=1S/C14H22N2O2S.ClH/c1-10(2)14(3,9-15)16-13(18)7-6-11(17)12-5-4-8-19-12;/h4-5,8,10H,6-7,9,15H2,1-3H3,(H,16,18);1H. The van der Waals surface area contributed by atoms with Gasteiger partial charge in [0.2, 0.25) is 5.91 Å². The van der Waals surface area contributed by atoms with Crippen molar-refractivity contribution in [3.8, 4) is 0 Å². The quantitative estimate of drug-likeness (QED) is 0.759. The molecule has 0 fully saturated rings. The van der Waals surface area contributed by atoms with Crippen LogP contribution < -0.4 is 11.1 Å². The maximum Gasteiger partial charge on any atom is 0.220 e. The van der Waals surface area contributed by atoms with Crippen molar-refractivity contribution in [2.45, 2.75) is 39.2 Å². The third-order valence-electron chi connectivity index (χ3n) is 3.50. The van der Waals surface area contributed by atoms with Gasteiger partial charge in [-0.3, -0.25) is 9.59 Å². The maximum absolute atomic E-state index is 11.9. The summed E-state index contributed by atoms with van der Waals surface area (Å²) in [5.74, 6) is 0.144. The lowest BCUT2D eigenvalue weighted by Gasteiger charge is -2.33. The van der Waals surface area contributed by atoms with E-state index in [1.807, 2.05) is 32.2 Å². The first-order valence-electron chi connectivity index (χ1n) is 6.47. The fourth-order valence-electron chi connectivity index (χ4n) is 1.60. The molecule has 1 rings (SSSR count). The number of carbonyl (C=O) groups excluding carboxylic acids is 2. The van der Waals surface area contributed by atoms with Gasteiger partial charge in [-0.1, -0.05) is 19.9 Å². The van der Waals surface area contributed by atoms with E-state index in [0.717, 1.165) is 0 Å². The highest BCUT2D eigenvalue weighted by Crippen LogP contribution is 2.16. The molecule has 0 saturated heterocycles. The summed E-state index contributed by atoms with van der Waals surface area (Å²) in [6.45, 7) is 6.35. The van der Waals surface area contributed by atoms with Gasteiger partial charge in [-0.05, 0) is 24.3 Å². The molecule has 3 N–H and O–H groups in total. The van der Waals surface area contributed by atoms with Crippen LogP contribution in [0, 0.1) is 5.92 Å². The highest BCUT2D eigenvalue weighted by molar-refractivity contribution is 7.12. The van der Waals surface area contributed by atoms with Crippen LogP contribution in [0.1, 0.15) is 43.3 Å². The molecule has 6 heteroatoms. The second-order valence-corrected chi connectivity index (χ2v) is 6.17. The van der Waals surface area contributed by atoms with Gasteiger partial charge in [0.05, 0.1) is 10.4 Å². The Bertz CT molecular complexity index is 434. The van der Waals surface area contributed by atoms with Gasteiger partial charge < -0.3 is 11.1 Å². The average Bonchev–Trinajstić information content (AvgIpc) is 2.89. The van der Waals surface area contributed by atoms with Crippen LogP contribution in [0.15, 0.2) is 17.5 Å². The van der Waals surface area contributed by atoms with Gasteiger partial charge in [-0.25, -0.2) is 0 Å². The third kappa shape index (κ3) is 5.23. The first-order chi connectivity index (χ1) is 8.89. The molecule has 0 aliphatic rings. The molecule has 0 aliphatic heterocycles. The van der Waals surface area contributed by atoms with Gasteiger partial charge in [0.25, 0.3) is 0 Å². The van der Waals surface area contributed by atoms with Crippen LogP contribution in [0.2, 0.25) is 0 Å². The Morgan fingerprint density at radius 2 is 2.05 bits per heavy atom. The molecule has 1 atom stereocenters. The predicted octanol–water partition coefficient (Wildman–Crippen LogP) is 2.62. The molecule has 1 heterocycles. The Morgan fingerprint density at radius 3 is 2.50 bits per heavy atom. The zero-order valence-corrected chi connectivity index (χ0v) is 13.8. The highest BCUT2D eigenvalue weighted by Gasteiger charge is 2.28. The van der Waals surface area contributed by atoms with Crippen LogP contribution in [0.4, 0.5) is 0 Å². The van der Waals surface area contributed by atoms with Crippen molar-refractivity contribution in [1.82, 2.24) is 5.32 Å². The van der Waals surface area contributed by atoms with Crippen molar-refractivity contribution in [3.05, 3.63) is 22.4 Å². The van der Waals surface area contributed by atoms with E-state index in [9.17, 15) is 9.59 Å². The molecule has 1 unspecified atom stereocenters. The predicted molar refractivity (Wildman–Crippen MR) is 85.6 cm³/mol. The van der Waals surface area contributed by atoms with Crippen molar-refractivity contribution in [2.24, 2.45) is 11.7 Å². The Kier molecular flexibility index (Phi) is 8.01. The van der Waals surface area contributed by atoms with Crippen LogP contribution in [0.3, 0.4) is 0 Å². The smallest absolute Gasteiger partial charge is 0.220 e. The number of rotatable bonds is 7. The van der Waals surface area contributed by atoms with Crippen LogP contribution in [-0.4, -0.2) is 23.8 Å². The lowest BCUT2D eigenvalue weighted by molar-refractivity contribution is -0.123. The summed E-state index contributed by atoms with van der Waals surface area (Å²) in [6, 6.07) is 3.62. The molecule has 0 saturated carbocycles. The summed E-state index contributed by atoms with van der Waals surface area (Å²) in [4.78, 5) is 24.4. The van der Waals surface area contributed by atoms with Crippen molar-refractivity contribution in [2.75, 3.05) is 6.54 Å². The molecule has 0 radical (unpaired) electrons. The molecule has 0 aromatic carbocycles. The fraction of sp³-hybridized carbons (Fsp3) is 0.571. The lowest BCUT2D eigenvalue weighted by Crippen LogP contribution is -2.55. The normalized spacial score (nSPS) is 13.4. The maximum atomic E-state index is 11.9. The van der Waals surface area contributed by atoms with E-state index in [4.69, 9.17) is 5.73 Å². The van der Waals surface area contributed by atoms with Gasteiger partial charge in [-0.2, -0.15) is 0 Å². The van der Waals surface area contributed by atoms with Crippen LogP contribution in [0.25, 0.3) is 0 Å². The van der Waals surface area contributed by atoms with E-state index < -0.39 is 5.54 Å². The molecule has 114 valence electrons.